The first kappa shape index (κ1) is 35.2. The number of nitrogens with zero attached hydrogens (tertiary/aromatic N) is 2. The summed E-state index contributed by atoms with van der Waals surface area (Å²) >= 11 is 1.22. The maximum atomic E-state index is 14.3. The lowest BCUT2D eigenvalue weighted by atomic mass is 9.95. The van der Waals surface area contributed by atoms with E-state index in [9.17, 15) is 14.0 Å². The van der Waals surface area contributed by atoms with Crippen LogP contribution in [0.25, 0.3) is 6.08 Å². The normalized spacial score (nSPS) is 14.3. The summed E-state index contributed by atoms with van der Waals surface area (Å²) in [5, 5.41) is 0. The molecule has 0 amide bonds. The molecule has 1 aliphatic rings. The van der Waals surface area contributed by atoms with Gasteiger partial charge in [0.25, 0.3) is 5.56 Å². The van der Waals surface area contributed by atoms with Crippen LogP contribution in [0.2, 0.25) is 0 Å². The minimum Gasteiger partial charge on any atom is -0.493 e. The van der Waals surface area contributed by atoms with E-state index in [0.717, 1.165) is 11.1 Å². The summed E-state index contributed by atoms with van der Waals surface area (Å²) < 4.78 is 44.2. The van der Waals surface area contributed by atoms with Crippen LogP contribution in [0.1, 0.15) is 56.0 Å². The number of aromatic nitrogens is 1. The van der Waals surface area contributed by atoms with Crippen molar-refractivity contribution in [3.63, 3.8) is 0 Å². The Kier molecular flexibility index (Phi) is 11.0. The Labute approximate surface area is 288 Å². The zero-order chi connectivity index (χ0) is 35.2. The smallest absolute Gasteiger partial charge is 0.338 e. The van der Waals surface area contributed by atoms with E-state index in [1.807, 2.05) is 26.0 Å². The number of allylic oxidation sites excluding steroid dienone is 2. The van der Waals surface area contributed by atoms with Gasteiger partial charge in [-0.15, -0.1) is 6.58 Å². The van der Waals surface area contributed by atoms with Gasteiger partial charge in [-0.2, -0.15) is 0 Å². The van der Waals surface area contributed by atoms with Crippen molar-refractivity contribution in [2.24, 2.45) is 4.99 Å². The topological polar surface area (TPSA) is 97.6 Å². The van der Waals surface area contributed by atoms with Crippen LogP contribution in [0.5, 0.6) is 23.0 Å². The van der Waals surface area contributed by atoms with Crippen molar-refractivity contribution in [2.45, 2.75) is 52.9 Å². The molecule has 2 heterocycles. The molecule has 0 saturated carbocycles. The molecule has 0 aliphatic carbocycles. The van der Waals surface area contributed by atoms with Gasteiger partial charge < -0.3 is 23.7 Å². The minimum atomic E-state index is -0.826. The molecule has 0 N–H and O–H groups in total. The second-order valence-corrected chi connectivity index (χ2v) is 12.5. The Bertz CT molecular complexity index is 2080. The second kappa shape index (κ2) is 15.4. The molecule has 11 heteroatoms. The van der Waals surface area contributed by atoms with Crippen LogP contribution < -0.4 is 33.8 Å². The third-order valence-electron chi connectivity index (χ3n) is 7.72. The van der Waals surface area contributed by atoms with Crippen LogP contribution in [0.15, 0.2) is 88.3 Å². The average molecular weight is 687 g/mol. The number of halogens is 1. The molecule has 1 aliphatic heterocycles. The molecule has 256 valence electrons. The molecule has 0 spiro atoms. The molecule has 1 aromatic heterocycles. The fraction of sp³-hybridized carbons (Fsp3) is 0.289. The maximum Gasteiger partial charge on any atom is 0.338 e. The lowest BCUT2D eigenvalue weighted by Crippen LogP contribution is -2.40. The van der Waals surface area contributed by atoms with Crippen LogP contribution >= 0.6 is 11.3 Å². The number of hydrogen-bond acceptors (Lipinski definition) is 9. The number of hydrogen-bond donors (Lipinski definition) is 0. The van der Waals surface area contributed by atoms with Crippen LogP contribution in [0, 0.1) is 5.82 Å². The number of carbonyl (C=O) groups is 1. The zero-order valence-corrected chi connectivity index (χ0v) is 29.2. The third kappa shape index (κ3) is 7.62. The van der Waals surface area contributed by atoms with Gasteiger partial charge in [-0.05, 0) is 93.3 Å². The van der Waals surface area contributed by atoms with E-state index in [1.165, 1.54) is 28.0 Å². The molecule has 5 rings (SSSR count). The largest absolute Gasteiger partial charge is 0.493 e. The first-order chi connectivity index (χ1) is 23.6. The first-order valence-corrected chi connectivity index (χ1v) is 16.6. The number of carbonyl (C=O) groups excluding carboxylic acids is 1. The van der Waals surface area contributed by atoms with E-state index in [4.69, 9.17) is 23.7 Å². The number of methoxy groups -OCH3 is 2. The van der Waals surface area contributed by atoms with E-state index in [1.54, 1.807) is 70.6 Å². The number of thiazole rings is 1. The van der Waals surface area contributed by atoms with Crippen LogP contribution in [0.3, 0.4) is 0 Å². The van der Waals surface area contributed by atoms with Crippen molar-refractivity contribution in [3.05, 3.63) is 126 Å². The van der Waals surface area contributed by atoms with Crippen molar-refractivity contribution in [1.82, 2.24) is 4.57 Å². The molecule has 0 radical (unpaired) electrons. The molecule has 4 aromatic rings. The van der Waals surface area contributed by atoms with Crippen molar-refractivity contribution < 1.29 is 32.9 Å². The molecule has 3 aromatic carbocycles. The first-order valence-electron chi connectivity index (χ1n) is 15.8. The van der Waals surface area contributed by atoms with Gasteiger partial charge in [0.05, 0.1) is 48.8 Å². The Hall–Kier alpha value is -5.16. The Balaban J connectivity index is 1.62. The predicted molar refractivity (Wildman–Crippen MR) is 187 cm³/mol. The average Bonchev–Trinajstić information content (AvgIpc) is 3.37. The predicted octanol–water partition coefficient (Wildman–Crippen LogP) is 6.05. The standard InChI is InChI=1S/C38H39FN2O7S/c1-8-10-27-17-25(18-31(45-7)35(27)47-21-24-11-14-28(39)15-12-24)19-32-36(42)41-34(26-13-16-29(48-22(3)4)30(20-26)44-6)33(37(43)46-9-2)23(5)40-38(41)49-32/h8,11-20,22,34H,1,9-10,21H2,2-7H3/b32-19-/t34-/m0/s1. The summed E-state index contributed by atoms with van der Waals surface area (Å²) in [5.74, 6) is 1.12. The van der Waals surface area contributed by atoms with Crippen LogP contribution in [0.4, 0.5) is 4.39 Å². The maximum absolute atomic E-state index is 14.3. The molecular weight excluding hydrogens is 647 g/mol. The number of rotatable bonds is 13. The van der Waals surface area contributed by atoms with Crippen molar-refractivity contribution in [2.75, 3.05) is 20.8 Å². The summed E-state index contributed by atoms with van der Waals surface area (Å²) in [6.07, 6.45) is 3.90. The van der Waals surface area contributed by atoms with Crippen molar-refractivity contribution in [3.8, 4) is 23.0 Å². The molecule has 0 saturated heterocycles. The van der Waals surface area contributed by atoms with Crippen LogP contribution in [-0.4, -0.2) is 37.5 Å². The van der Waals surface area contributed by atoms with E-state index in [0.29, 0.717) is 55.6 Å². The second-order valence-electron chi connectivity index (χ2n) is 11.5. The third-order valence-corrected chi connectivity index (χ3v) is 8.70. The zero-order valence-electron chi connectivity index (χ0n) is 28.4. The van der Waals surface area contributed by atoms with Gasteiger partial charge in [-0.25, -0.2) is 14.2 Å². The molecule has 9 nitrogen and oxygen atoms in total. The van der Waals surface area contributed by atoms with E-state index < -0.39 is 12.0 Å². The lowest BCUT2D eigenvalue weighted by Gasteiger charge is -2.25. The van der Waals surface area contributed by atoms with E-state index >= 15 is 0 Å². The van der Waals surface area contributed by atoms with Crippen molar-refractivity contribution >= 4 is 23.4 Å². The van der Waals surface area contributed by atoms with Gasteiger partial charge in [-0.3, -0.25) is 9.36 Å². The molecular formula is C38H39FN2O7S. The fourth-order valence-corrected chi connectivity index (χ4v) is 6.64. The fourth-order valence-electron chi connectivity index (χ4n) is 5.59. The molecule has 49 heavy (non-hydrogen) atoms. The van der Waals surface area contributed by atoms with Gasteiger partial charge in [0.2, 0.25) is 0 Å². The Morgan fingerprint density at radius 3 is 2.45 bits per heavy atom. The Morgan fingerprint density at radius 1 is 1.06 bits per heavy atom. The number of fused-ring (bicyclic) bond motifs is 1. The lowest BCUT2D eigenvalue weighted by molar-refractivity contribution is -0.139. The van der Waals surface area contributed by atoms with E-state index in [-0.39, 0.29) is 36.3 Å². The summed E-state index contributed by atoms with van der Waals surface area (Å²) in [5.41, 5.74) is 3.31. The van der Waals surface area contributed by atoms with Gasteiger partial charge in [-0.1, -0.05) is 35.6 Å². The number of esters is 1. The highest BCUT2D eigenvalue weighted by Gasteiger charge is 2.34. The van der Waals surface area contributed by atoms with Gasteiger partial charge in [0.1, 0.15) is 12.4 Å². The van der Waals surface area contributed by atoms with Gasteiger partial charge >= 0.3 is 5.97 Å². The molecule has 0 unspecified atom stereocenters. The number of ether oxygens (including phenoxy) is 5. The van der Waals surface area contributed by atoms with Gasteiger partial charge in [0.15, 0.2) is 27.8 Å². The summed E-state index contributed by atoms with van der Waals surface area (Å²) in [4.78, 5) is 32.8. The molecule has 1 atom stereocenters. The van der Waals surface area contributed by atoms with Gasteiger partial charge in [0, 0.05) is 5.56 Å². The minimum absolute atomic E-state index is 0.0873. The highest BCUT2D eigenvalue weighted by molar-refractivity contribution is 7.07. The van der Waals surface area contributed by atoms with Crippen molar-refractivity contribution in [1.29, 1.82) is 0 Å². The quantitative estimate of drug-likeness (QED) is 0.125. The molecule has 0 fully saturated rings. The molecule has 0 bridgehead atoms. The summed E-state index contributed by atoms with van der Waals surface area (Å²) in [6.45, 7) is 11.6. The highest BCUT2D eigenvalue weighted by Crippen LogP contribution is 2.37. The van der Waals surface area contributed by atoms with Crippen LogP contribution in [-0.2, 0) is 22.6 Å². The number of benzene rings is 3. The summed E-state index contributed by atoms with van der Waals surface area (Å²) in [6, 6.07) is 14.3. The monoisotopic (exact) mass is 686 g/mol. The SMILES string of the molecule is C=CCc1cc(/C=c2\sc3n(c2=O)[C@@H](c2ccc(OC(C)C)c(OC)c2)C(C(=O)OCC)=C(C)N=3)cc(OC)c1OCc1ccc(F)cc1. The Morgan fingerprint density at radius 2 is 1.80 bits per heavy atom. The van der Waals surface area contributed by atoms with E-state index in [2.05, 4.69) is 11.6 Å². The summed E-state index contributed by atoms with van der Waals surface area (Å²) in [7, 11) is 3.08. The highest BCUT2D eigenvalue weighted by atomic mass is 32.1.